The van der Waals surface area contributed by atoms with E-state index < -0.39 is 0 Å². The number of nitrogens with one attached hydrogen (secondary N) is 1. The summed E-state index contributed by atoms with van der Waals surface area (Å²) in [4.78, 5) is 13.3. The maximum absolute atomic E-state index is 11.5. The molecule has 0 bridgehead atoms. The first-order valence-corrected chi connectivity index (χ1v) is 8.09. The summed E-state index contributed by atoms with van der Waals surface area (Å²) in [5.41, 5.74) is 1.09. The van der Waals surface area contributed by atoms with Gasteiger partial charge >= 0.3 is 0 Å². The summed E-state index contributed by atoms with van der Waals surface area (Å²) in [7, 11) is 3.52. The summed E-state index contributed by atoms with van der Waals surface area (Å²) < 4.78 is 7.38. The summed E-state index contributed by atoms with van der Waals surface area (Å²) >= 11 is 7.00. The Morgan fingerprint density at radius 2 is 2.20 bits per heavy atom. The number of piperidine rings is 1. The van der Waals surface area contributed by atoms with E-state index in [4.69, 9.17) is 4.74 Å². The van der Waals surface area contributed by atoms with Gasteiger partial charge < -0.3 is 15.0 Å². The Balaban J connectivity index is 2.02. The van der Waals surface area contributed by atoms with E-state index in [-0.39, 0.29) is 5.91 Å². The zero-order valence-corrected chi connectivity index (χ0v) is 14.8. The molecule has 4 nitrogen and oxygen atoms in total. The lowest BCUT2D eigenvalue weighted by Gasteiger charge is -2.30. The average molecular weight is 406 g/mol. The fraction of sp³-hybridized carbons (Fsp3) is 0.500. The molecule has 1 aromatic carbocycles. The maximum Gasteiger partial charge on any atom is 0.222 e. The SMILES string of the molecule is COc1c(Br)cc(Br)cc1CNC1CCC(=O)N(C)C1. The second kappa shape index (κ2) is 6.91. The molecule has 0 aromatic heterocycles. The lowest BCUT2D eigenvalue weighted by Crippen LogP contribution is -2.46. The number of ether oxygens (including phenoxy) is 1. The van der Waals surface area contributed by atoms with Crippen LogP contribution >= 0.6 is 31.9 Å². The minimum absolute atomic E-state index is 0.228. The molecule has 1 aliphatic rings. The van der Waals surface area contributed by atoms with Crippen molar-refractivity contribution in [2.24, 2.45) is 0 Å². The smallest absolute Gasteiger partial charge is 0.222 e. The normalized spacial score (nSPS) is 19.3. The Hall–Kier alpha value is -0.590. The monoisotopic (exact) mass is 404 g/mol. The van der Waals surface area contributed by atoms with Gasteiger partial charge in [0.05, 0.1) is 11.6 Å². The van der Waals surface area contributed by atoms with Crippen molar-refractivity contribution in [2.45, 2.75) is 25.4 Å². The number of benzene rings is 1. The largest absolute Gasteiger partial charge is 0.495 e. The number of amides is 1. The molecule has 0 spiro atoms. The molecule has 1 heterocycles. The van der Waals surface area contributed by atoms with E-state index >= 15 is 0 Å². The number of halogens is 2. The molecular formula is C14H18Br2N2O2. The molecular weight excluding hydrogens is 388 g/mol. The fourth-order valence-electron chi connectivity index (χ4n) is 2.41. The van der Waals surface area contributed by atoms with Crippen molar-refractivity contribution in [3.05, 3.63) is 26.6 Å². The second-order valence-corrected chi connectivity index (χ2v) is 6.74. The van der Waals surface area contributed by atoms with Gasteiger partial charge in [-0.25, -0.2) is 0 Å². The van der Waals surface area contributed by atoms with Crippen LogP contribution in [0.1, 0.15) is 18.4 Å². The fourth-order valence-corrected chi connectivity index (χ4v) is 3.88. The number of carbonyl (C=O) groups is 1. The van der Waals surface area contributed by atoms with Crippen LogP contribution < -0.4 is 10.1 Å². The molecule has 6 heteroatoms. The van der Waals surface area contributed by atoms with Gasteiger partial charge in [-0.05, 0) is 34.5 Å². The van der Waals surface area contributed by atoms with E-state index in [1.54, 1.807) is 12.0 Å². The van der Waals surface area contributed by atoms with Gasteiger partial charge in [-0.1, -0.05) is 15.9 Å². The molecule has 1 aromatic rings. The third kappa shape index (κ3) is 3.74. The van der Waals surface area contributed by atoms with Crippen LogP contribution in [-0.2, 0) is 11.3 Å². The van der Waals surface area contributed by atoms with Crippen molar-refractivity contribution in [2.75, 3.05) is 20.7 Å². The molecule has 1 aliphatic heterocycles. The predicted molar refractivity (Wildman–Crippen MR) is 85.9 cm³/mol. The molecule has 1 amide bonds. The van der Waals surface area contributed by atoms with Crippen molar-refractivity contribution in [3.63, 3.8) is 0 Å². The number of hydrogen-bond acceptors (Lipinski definition) is 3. The van der Waals surface area contributed by atoms with Gasteiger partial charge in [0.1, 0.15) is 5.75 Å². The van der Waals surface area contributed by atoms with Crippen molar-refractivity contribution in [3.8, 4) is 5.75 Å². The zero-order chi connectivity index (χ0) is 14.7. The van der Waals surface area contributed by atoms with Gasteiger partial charge in [-0.3, -0.25) is 4.79 Å². The molecule has 1 N–H and O–H groups in total. The van der Waals surface area contributed by atoms with E-state index in [0.717, 1.165) is 33.2 Å². The van der Waals surface area contributed by atoms with E-state index in [1.807, 2.05) is 19.2 Å². The second-order valence-electron chi connectivity index (χ2n) is 4.97. The van der Waals surface area contributed by atoms with Gasteiger partial charge in [0.25, 0.3) is 0 Å². The Bertz CT molecular complexity index is 508. The summed E-state index contributed by atoms with van der Waals surface area (Å²) in [6, 6.07) is 4.35. The molecule has 1 fully saturated rings. The first-order valence-electron chi connectivity index (χ1n) is 6.50. The molecule has 1 unspecified atom stereocenters. The molecule has 1 atom stereocenters. The van der Waals surface area contributed by atoms with Gasteiger partial charge in [0.15, 0.2) is 0 Å². The van der Waals surface area contributed by atoms with Crippen molar-refractivity contribution < 1.29 is 9.53 Å². The van der Waals surface area contributed by atoms with Crippen LogP contribution in [0.5, 0.6) is 5.75 Å². The number of likely N-dealkylation sites (N-methyl/N-ethyl adjacent to an activating group) is 1. The van der Waals surface area contributed by atoms with Crippen molar-refractivity contribution in [1.29, 1.82) is 0 Å². The Kier molecular flexibility index (Phi) is 5.46. The number of carbonyl (C=O) groups excluding carboxylic acids is 1. The highest BCUT2D eigenvalue weighted by Gasteiger charge is 2.22. The van der Waals surface area contributed by atoms with Crippen LogP contribution in [0.25, 0.3) is 0 Å². The summed E-state index contributed by atoms with van der Waals surface area (Å²) in [5, 5.41) is 3.50. The van der Waals surface area contributed by atoms with E-state index in [0.29, 0.717) is 19.0 Å². The number of nitrogens with zero attached hydrogens (tertiary/aromatic N) is 1. The van der Waals surface area contributed by atoms with Crippen LogP contribution in [0, 0.1) is 0 Å². The number of likely N-dealkylation sites (tertiary alicyclic amines) is 1. The molecule has 0 aliphatic carbocycles. The number of rotatable bonds is 4. The molecule has 0 radical (unpaired) electrons. The van der Waals surface area contributed by atoms with Crippen LogP contribution in [0.2, 0.25) is 0 Å². The Morgan fingerprint density at radius 1 is 1.45 bits per heavy atom. The van der Waals surface area contributed by atoms with Gasteiger partial charge in [0, 0.05) is 42.6 Å². The predicted octanol–water partition coefficient (Wildman–Crippen LogP) is 2.93. The lowest BCUT2D eigenvalue weighted by atomic mass is 10.1. The molecule has 110 valence electrons. The quantitative estimate of drug-likeness (QED) is 0.837. The van der Waals surface area contributed by atoms with Crippen molar-refractivity contribution in [1.82, 2.24) is 10.2 Å². The van der Waals surface area contributed by atoms with Crippen LogP contribution in [0.3, 0.4) is 0 Å². The highest BCUT2D eigenvalue weighted by molar-refractivity contribution is 9.11. The first kappa shape index (κ1) is 15.8. The molecule has 0 saturated carbocycles. The molecule has 2 rings (SSSR count). The average Bonchev–Trinajstić information content (AvgIpc) is 2.39. The standard InChI is InChI=1S/C14H18Br2N2O2/c1-18-8-11(3-4-13(18)19)17-7-9-5-10(15)6-12(16)14(9)20-2/h5-6,11,17H,3-4,7-8H2,1-2H3. The van der Waals surface area contributed by atoms with Crippen molar-refractivity contribution >= 4 is 37.8 Å². The highest BCUT2D eigenvalue weighted by atomic mass is 79.9. The van der Waals surface area contributed by atoms with E-state index in [9.17, 15) is 4.79 Å². The molecule has 1 saturated heterocycles. The van der Waals surface area contributed by atoms with Crippen LogP contribution in [0.15, 0.2) is 21.1 Å². The summed E-state index contributed by atoms with van der Waals surface area (Å²) in [6.07, 6.45) is 1.51. The third-order valence-corrected chi connectivity index (χ3v) is 4.54. The summed E-state index contributed by atoms with van der Waals surface area (Å²) in [5.74, 6) is 1.08. The van der Waals surface area contributed by atoms with Gasteiger partial charge in [-0.15, -0.1) is 0 Å². The Morgan fingerprint density at radius 3 is 2.85 bits per heavy atom. The summed E-state index contributed by atoms with van der Waals surface area (Å²) in [6.45, 7) is 1.48. The van der Waals surface area contributed by atoms with E-state index in [1.165, 1.54) is 0 Å². The maximum atomic E-state index is 11.5. The first-order chi connectivity index (χ1) is 9.51. The Labute approximate surface area is 136 Å². The minimum atomic E-state index is 0.228. The van der Waals surface area contributed by atoms with Crippen LogP contribution in [-0.4, -0.2) is 37.6 Å². The minimum Gasteiger partial charge on any atom is -0.495 e. The van der Waals surface area contributed by atoms with Gasteiger partial charge in [-0.2, -0.15) is 0 Å². The number of methoxy groups -OCH3 is 1. The highest BCUT2D eigenvalue weighted by Crippen LogP contribution is 2.32. The third-order valence-electron chi connectivity index (χ3n) is 3.50. The molecule has 20 heavy (non-hydrogen) atoms. The van der Waals surface area contributed by atoms with E-state index in [2.05, 4.69) is 37.2 Å². The zero-order valence-electron chi connectivity index (χ0n) is 11.6. The van der Waals surface area contributed by atoms with Crippen LogP contribution in [0.4, 0.5) is 0 Å². The number of hydrogen-bond donors (Lipinski definition) is 1. The topological polar surface area (TPSA) is 41.6 Å². The van der Waals surface area contributed by atoms with Gasteiger partial charge in [0.2, 0.25) is 5.91 Å². The lowest BCUT2D eigenvalue weighted by molar-refractivity contribution is -0.132.